The molecular formula is C19H16N4O3. The Balaban J connectivity index is 0.000000228. The van der Waals surface area contributed by atoms with E-state index in [1.54, 1.807) is 48.5 Å². The minimum atomic E-state index is -0.961. The van der Waals surface area contributed by atoms with Crippen molar-refractivity contribution in [3.05, 3.63) is 59.7 Å². The Morgan fingerprint density at radius 2 is 1.73 bits per heavy atom. The highest BCUT2D eigenvalue weighted by Crippen LogP contribution is 2.25. The second-order valence-corrected chi connectivity index (χ2v) is 5.64. The third-order valence-corrected chi connectivity index (χ3v) is 3.78. The van der Waals surface area contributed by atoms with Gasteiger partial charge in [-0.15, -0.1) is 0 Å². The molecule has 3 rings (SSSR count). The average molecular weight is 348 g/mol. The fraction of sp³-hybridized carbons (Fsp3) is 0.158. The van der Waals surface area contributed by atoms with Crippen molar-refractivity contribution in [3.8, 4) is 12.1 Å². The van der Waals surface area contributed by atoms with Crippen LogP contribution < -0.4 is 10.6 Å². The number of nitrogens with two attached hydrogens (primary N) is 1. The van der Waals surface area contributed by atoms with Crippen LogP contribution in [0, 0.1) is 28.6 Å². The van der Waals surface area contributed by atoms with Crippen LogP contribution in [0.2, 0.25) is 0 Å². The number of hydrogen-bond acceptors (Lipinski definition) is 5. The predicted molar refractivity (Wildman–Crippen MR) is 94.8 cm³/mol. The van der Waals surface area contributed by atoms with Crippen LogP contribution in [0.3, 0.4) is 0 Å². The van der Waals surface area contributed by atoms with Crippen molar-refractivity contribution in [1.29, 1.82) is 10.5 Å². The lowest BCUT2D eigenvalue weighted by molar-refractivity contribution is -0.141. The topological polar surface area (TPSA) is 131 Å². The predicted octanol–water partition coefficient (Wildman–Crippen LogP) is 2.14. The molecule has 7 heteroatoms. The lowest BCUT2D eigenvalue weighted by atomic mass is 10.1. The van der Waals surface area contributed by atoms with Crippen molar-refractivity contribution >= 4 is 23.3 Å². The number of aliphatic carboxylic acids is 1. The van der Waals surface area contributed by atoms with Gasteiger partial charge < -0.3 is 15.7 Å². The smallest absolute Gasteiger partial charge is 0.308 e. The first-order valence-electron chi connectivity index (χ1n) is 7.73. The second kappa shape index (κ2) is 8.32. The summed E-state index contributed by atoms with van der Waals surface area (Å²) < 4.78 is 0. The number of nitrogen functional groups attached to an aromatic ring is 1. The monoisotopic (exact) mass is 348 g/mol. The zero-order valence-corrected chi connectivity index (χ0v) is 13.8. The number of carboxylic acid groups (broad SMARTS) is 1. The molecule has 0 aromatic heterocycles. The molecule has 3 N–H and O–H groups in total. The van der Waals surface area contributed by atoms with Crippen LogP contribution in [0.5, 0.6) is 0 Å². The van der Waals surface area contributed by atoms with Gasteiger partial charge in [0.2, 0.25) is 5.91 Å². The van der Waals surface area contributed by atoms with Gasteiger partial charge >= 0.3 is 5.97 Å². The van der Waals surface area contributed by atoms with Crippen LogP contribution in [-0.4, -0.2) is 23.5 Å². The SMILES string of the molecule is N#Cc1cccc(N)c1.N#Cc1cccc(N2CC(C(=O)O)CC2=O)c1. The molecule has 1 heterocycles. The molecule has 1 fully saturated rings. The normalized spacial score (nSPS) is 15.4. The Morgan fingerprint density at radius 3 is 2.23 bits per heavy atom. The number of amides is 1. The van der Waals surface area contributed by atoms with Crippen LogP contribution in [0.4, 0.5) is 11.4 Å². The Hall–Kier alpha value is -3.84. The summed E-state index contributed by atoms with van der Waals surface area (Å²) in [4.78, 5) is 23.9. The Kier molecular flexibility index (Phi) is 5.92. The van der Waals surface area contributed by atoms with E-state index in [4.69, 9.17) is 21.4 Å². The van der Waals surface area contributed by atoms with Gasteiger partial charge in [-0.05, 0) is 36.4 Å². The van der Waals surface area contributed by atoms with E-state index >= 15 is 0 Å². The maximum Gasteiger partial charge on any atom is 0.308 e. The molecule has 0 spiro atoms. The molecule has 2 aromatic rings. The molecule has 0 bridgehead atoms. The van der Waals surface area contributed by atoms with Crippen molar-refractivity contribution in [1.82, 2.24) is 0 Å². The summed E-state index contributed by atoms with van der Waals surface area (Å²) in [6, 6.07) is 17.4. The number of nitrogens with zero attached hydrogens (tertiary/aromatic N) is 3. The van der Waals surface area contributed by atoms with Crippen molar-refractivity contribution in [2.45, 2.75) is 6.42 Å². The number of carboxylic acids is 1. The van der Waals surface area contributed by atoms with Gasteiger partial charge in [0.25, 0.3) is 0 Å². The zero-order valence-electron chi connectivity index (χ0n) is 13.8. The first kappa shape index (κ1) is 18.5. The number of benzene rings is 2. The number of carbonyl (C=O) groups is 2. The minimum Gasteiger partial charge on any atom is -0.481 e. The summed E-state index contributed by atoms with van der Waals surface area (Å²) in [7, 11) is 0. The fourth-order valence-electron chi connectivity index (χ4n) is 2.47. The van der Waals surface area contributed by atoms with E-state index in [2.05, 4.69) is 0 Å². The minimum absolute atomic E-state index is 0.0200. The van der Waals surface area contributed by atoms with E-state index in [1.807, 2.05) is 12.1 Å². The van der Waals surface area contributed by atoms with Gasteiger partial charge in [-0.25, -0.2) is 0 Å². The highest BCUT2D eigenvalue weighted by atomic mass is 16.4. The maximum atomic E-state index is 11.7. The Morgan fingerprint density at radius 1 is 1.12 bits per heavy atom. The van der Waals surface area contributed by atoms with Gasteiger partial charge in [0.15, 0.2) is 0 Å². The number of carbonyl (C=O) groups excluding carboxylic acids is 1. The first-order valence-corrected chi connectivity index (χ1v) is 7.73. The highest BCUT2D eigenvalue weighted by Gasteiger charge is 2.35. The number of rotatable bonds is 2. The van der Waals surface area contributed by atoms with Gasteiger partial charge in [0.05, 0.1) is 29.2 Å². The molecule has 26 heavy (non-hydrogen) atoms. The third-order valence-electron chi connectivity index (χ3n) is 3.78. The molecule has 1 atom stereocenters. The summed E-state index contributed by atoms with van der Waals surface area (Å²) in [5.41, 5.74) is 7.66. The van der Waals surface area contributed by atoms with E-state index < -0.39 is 11.9 Å². The van der Waals surface area contributed by atoms with Crippen molar-refractivity contribution in [2.75, 3.05) is 17.2 Å². The Bertz CT molecular complexity index is 911. The molecule has 130 valence electrons. The zero-order chi connectivity index (χ0) is 19.1. The van der Waals surface area contributed by atoms with E-state index in [9.17, 15) is 9.59 Å². The summed E-state index contributed by atoms with van der Waals surface area (Å²) in [6.07, 6.45) is 0.0200. The van der Waals surface area contributed by atoms with E-state index in [0.29, 0.717) is 22.5 Å². The van der Waals surface area contributed by atoms with Crippen molar-refractivity contribution in [3.63, 3.8) is 0 Å². The molecule has 0 radical (unpaired) electrons. The second-order valence-electron chi connectivity index (χ2n) is 5.64. The van der Waals surface area contributed by atoms with Crippen LogP contribution >= 0.6 is 0 Å². The lowest BCUT2D eigenvalue weighted by Crippen LogP contribution is -2.25. The third kappa shape index (κ3) is 4.59. The van der Waals surface area contributed by atoms with Gasteiger partial charge in [0, 0.05) is 24.3 Å². The fourth-order valence-corrected chi connectivity index (χ4v) is 2.47. The largest absolute Gasteiger partial charge is 0.481 e. The van der Waals surface area contributed by atoms with E-state index in [0.717, 1.165) is 0 Å². The lowest BCUT2D eigenvalue weighted by Gasteiger charge is -2.16. The number of anilines is 2. The molecule has 1 amide bonds. The summed E-state index contributed by atoms with van der Waals surface area (Å²) in [5.74, 6) is -1.84. The quantitative estimate of drug-likeness (QED) is 0.799. The van der Waals surface area contributed by atoms with Crippen molar-refractivity contribution in [2.24, 2.45) is 5.92 Å². The van der Waals surface area contributed by atoms with Gasteiger partial charge in [-0.1, -0.05) is 12.1 Å². The van der Waals surface area contributed by atoms with Crippen LogP contribution in [0.15, 0.2) is 48.5 Å². The van der Waals surface area contributed by atoms with Crippen LogP contribution in [-0.2, 0) is 9.59 Å². The maximum absolute atomic E-state index is 11.7. The van der Waals surface area contributed by atoms with Gasteiger partial charge in [0.1, 0.15) is 0 Å². The average Bonchev–Trinajstić information content (AvgIpc) is 3.04. The van der Waals surface area contributed by atoms with Gasteiger partial charge in [-0.2, -0.15) is 10.5 Å². The highest BCUT2D eigenvalue weighted by molar-refractivity contribution is 5.99. The van der Waals surface area contributed by atoms with Gasteiger partial charge in [-0.3, -0.25) is 9.59 Å². The number of hydrogen-bond donors (Lipinski definition) is 2. The molecule has 2 aromatic carbocycles. The molecule has 1 saturated heterocycles. The Labute approximate surface area is 150 Å². The molecular weight excluding hydrogens is 332 g/mol. The van der Waals surface area contributed by atoms with Crippen LogP contribution in [0.25, 0.3) is 0 Å². The number of nitriles is 2. The molecule has 0 saturated carbocycles. The molecule has 1 aliphatic rings. The molecule has 1 aliphatic heterocycles. The summed E-state index contributed by atoms with van der Waals surface area (Å²) in [6.45, 7) is 0.170. The molecule has 0 aliphatic carbocycles. The van der Waals surface area contributed by atoms with E-state index in [-0.39, 0.29) is 18.9 Å². The molecule has 1 unspecified atom stereocenters. The summed E-state index contributed by atoms with van der Waals surface area (Å²) in [5, 5.41) is 26.0. The molecule has 7 nitrogen and oxygen atoms in total. The standard InChI is InChI=1S/C12H10N2O3.C7H6N2/c13-6-8-2-1-3-10(4-8)14-7-9(12(16)17)5-11(14)15;8-5-6-2-1-3-7(9)4-6/h1-4,9H,5,7H2,(H,16,17);1-4H,9H2. The van der Waals surface area contributed by atoms with E-state index in [1.165, 1.54) is 4.90 Å². The first-order chi connectivity index (χ1) is 12.4. The van der Waals surface area contributed by atoms with Crippen LogP contribution in [0.1, 0.15) is 17.5 Å². The summed E-state index contributed by atoms with van der Waals surface area (Å²) >= 11 is 0. The van der Waals surface area contributed by atoms with Crippen molar-refractivity contribution < 1.29 is 14.7 Å².